The fourth-order valence-corrected chi connectivity index (χ4v) is 2.44. The van der Waals surface area contributed by atoms with Crippen molar-refractivity contribution in [3.63, 3.8) is 0 Å². The van der Waals surface area contributed by atoms with Crippen molar-refractivity contribution < 1.29 is 22.7 Å². The fraction of sp³-hybridized carbons (Fsp3) is 0.538. The van der Waals surface area contributed by atoms with E-state index >= 15 is 0 Å². The van der Waals surface area contributed by atoms with Gasteiger partial charge in [-0.3, -0.25) is 4.90 Å². The summed E-state index contributed by atoms with van der Waals surface area (Å²) < 4.78 is 51.6. The van der Waals surface area contributed by atoms with Gasteiger partial charge in [0, 0.05) is 37.8 Å². The monoisotopic (exact) mass is 292 g/mol. The molecule has 1 fully saturated rings. The Hall–Kier alpha value is -1.34. The lowest BCUT2D eigenvalue weighted by Gasteiger charge is -2.35. The highest BCUT2D eigenvalue weighted by atomic mass is 19.4. The Morgan fingerprint density at radius 2 is 1.90 bits per heavy atom. The van der Waals surface area contributed by atoms with Crippen molar-refractivity contribution in [2.75, 3.05) is 26.2 Å². The molecule has 1 saturated heterocycles. The number of phenols is 1. The zero-order valence-corrected chi connectivity index (χ0v) is 10.8. The number of nitrogens with zero attached hydrogens (tertiary/aromatic N) is 1. The Labute approximate surface area is 114 Å². The minimum Gasteiger partial charge on any atom is -0.508 e. The van der Waals surface area contributed by atoms with E-state index in [-0.39, 0.29) is 11.3 Å². The van der Waals surface area contributed by atoms with Crippen molar-refractivity contribution >= 4 is 0 Å². The average Bonchev–Trinajstić information content (AvgIpc) is 2.39. The normalized spacial score (nSPS) is 19.0. The van der Waals surface area contributed by atoms with Crippen molar-refractivity contribution in [3.05, 3.63) is 29.6 Å². The number of phenolic OH excluding ortho intramolecular Hbond substituents is 1. The molecular formula is C13H16F4N2O. The summed E-state index contributed by atoms with van der Waals surface area (Å²) in [7, 11) is 0. The number of aromatic hydroxyl groups is 1. The number of hydrogen-bond donors (Lipinski definition) is 2. The molecule has 1 aliphatic heterocycles. The van der Waals surface area contributed by atoms with Crippen LogP contribution in [-0.2, 0) is 0 Å². The minimum atomic E-state index is -4.38. The van der Waals surface area contributed by atoms with Gasteiger partial charge in [-0.1, -0.05) is 0 Å². The second kappa shape index (κ2) is 5.97. The molecule has 1 atom stereocenters. The molecule has 0 amide bonds. The van der Waals surface area contributed by atoms with E-state index in [4.69, 9.17) is 0 Å². The van der Waals surface area contributed by atoms with Crippen molar-refractivity contribution in [2.24, 2.45) is 0 Å². The van der Waals surface area contributed by atoms with Crippen LogP contribution in [0.15, 0.2) is 18.2 Å². The second-order valence-electron chi connectivity index (χ2n) is 4.82. The first-order chi connectivity index (χ1) is 9.37. The van der Waals surface area contributed by atoms with Gasteiger partial charge in [-0.15, -0.1) is 0 Å². The van der Waals surface area contributed by atoms with Crippen molar-refractivity contribution in [1.82, 2.24) is 10.2 Å². The Bertz CT molecular complexity index is 458. The second-order valence-corrected chi connectivity index (χ2v) is 4.82. The number of halogens is 4. The molecule has 0 aromatic heterocycles. The Morgan fingerprint density at radius 1 is 1.25 bits per heavy atom. The molecule has 1 heterocycles. The van der Waals surface area contributed by atoms with Crippen LogP contribution in [0.1, 0.15) is 18.0 Å². The van der Waals surface area contributed by atoms with Crippen molar-refractivity contribution in [2.45, 2.75) is 18.6 Å². The molecule has 2 rings (SSSR count). The lowest BCUT2D eigenvalue weighted by Crippen LogP contribution is -2.46. The van der Waals surface area contributed by atoms with Gasteiger partial charge in [-0.05, 0) is 18.2 Å². The molecule has 3 nitrogen and oxygen atoms in total. The maximum absolute atomic E-state index is 13.3. The van der Waals surface area contributed by atoms with Crippen LogP contribution >= 0.6 is 0 Å². The van der Waals surface area contributed by atoms with Gasteiger partial charge in [0.1, 0.15) is 11.6 Å². The van der Waals surface area contributed by atoms with Gasteiger partial charge >= 0.3 is 6.18 Å². The molecule has 112 valence electrons. The SMILES string of the molecule is Oc1ccc(F)cc1[C@@H](CC(F)(F)F)N1CCNCC1. The molecule has 7 heteroatoms. The van der Waals surface area contributed by atoms with Crippen LogP contribution in [0, 0.1) is 5.82 Å². The fourth-order valence-electron chi connectivity index (χ4n) is 2.44. The maximum atomic E-state index is 13.3. The molecule has 0 aliphatic carbocycles. The number of nitrogens with one attached hydrogen (secondary N) is 1. The molecule has 0 radical (unpaired) electrons. The minimum absolute atomic E-state index is 0.00998. The van der Waals surface area contributed by atoms with Crippen LogP contribution in [0.4, 0.5) is 17.6 Å². The number of alkyl halides is 3. The number of rotatable bonds is 3. The average molecular weight is 292 g/mol. The number of hydrogen-bond acceptors (Lipinski definition) is 3. The number of piperazine rings is 1. The van der Waals surface area contributed by atoms with Gasteiger partial charge in [0.25, 0.3) is 0 Å². The van der Waals surface area contributed by atoms with E-state index in [2.05, 4.69) is 5.32 Å². The summed E-state index contributed by atoms with van der Waals surface area (Å²) in [5.41, 5.74) is -0.00998. The summed E-state index contributed by atoms with van der Waals surface area (Å²) in [6.45, 7) is 2.00. The topological polar surface area (TPSA) is 35.5 Å². The van der Waals surface area contributed by atoms with E-state index in [1.165, 1.54) is 0 Å². The van der Waals surface area contributed by atoms with Gasteiger partial charge < -0.3 is 10.4 Å². The Balaban J connectivity index is 2.31. The van der Waals surface area contributed by atoms with Gasteiger partial charge in [0.2, 0.25) is 0 Å². The van der Waals surface area contributed by atoms with Gasteiger partial charge in [0.05, 0.1) is 6.42 Å². The Kier molecular flexibility index (Phi) is 4.49. The largest absolute Gasteiger partial charge is 0.508 e. The molecule has 0 saturated carbocycles. The lowest BCUT2D eigenvalue weighted by molar-refractivity contribution is -0.148. The molecule has 0 unspecified atom stereocenters. The molecule has 0 spiro atoms. The summed E-state index contributed by atoms with van der Waals surface area (Å²) in [4.78, 5) is 1.62. The maximum Gasteiger partial charge on any atom is 0.390 e. The Morgan fingerprint density at radius 3 is 2.50 bits per heavy atom. The summed E-state index contributed by atoms with van der Waals surface area (Å²) in [6.07, 6.45) is -5.49. The zero-order chi connectivity index (χ0) is 14.8. The molecule has 1 aliphatic rings. The third-order valence-corrected chi connectivity index (χ3v) is 3.37. The highest BCUT2D eigenvalue weighted by Gasteiger charge is 2.37. The predicted molar refractivity (Wildman–Crippen MR) is 65.9 cm³/mol. The van der Waals surface area contributed by atoms with Crippen LogP contribution in [0.2, 0.25) is 0 Å². The van der Waals surface area contributed by atoms with Crippen LogP contribution in [0.5, 0.6) is 5.75 Å². The van der Waals surface area contributed by atoms with E-state index in [0.29, 0.717) is 26.2 Å². The molecular weight excluding hydrogens is 276 g/mol. The summed E-state index contributed by atoms with van der Waals surface area (Å²) in [5.74, 6) is -0.959. The van der Waals surface area contributed by atoms with E-state index in [0.717, 1.165) is 18.2 Å². The van der Waals surface area contributed by atoms with Crippen LogP contribution < -0.4 is 5.32 Å². The number of benzene rings is 1. The van der Waals surface area contributed by atoms with E-state index < -0.39 is 24.5 Å². The molecule has 20 heavy (non-hydrogen) atoms. The van der Waals surface area contributed by atoms with E-state index in [1.54, 1.807) is 4.90 Å². The van der Waals surface area contributed by atoms with Crippen LogP contribution in [0.25, 0.3) is 0 Å². The third kappa shape index (κ3) is 3.83. The highest BCUT2D eigenvalue weighted by Crippen LogP contribution is 2.37. The first-order valence-corrected chi connectivity index (χ1v) is 6.37. The van der Waals surface area contributed by atoms with E-state index in [9.17, 15) is 22.7 Å². The zero-order valence-electron chi connectivity index (χ0n) is 10.8. The van der Waals surface area contributed by atoms with Crippen molar-refractivity contribution in [3.8, 4) is 5.75 Å². The first-order valence-electron chi connectivity index (χ1n) is 6.37. The third-order valence-electron chi connectivity index (χ3n) is 3.37. The van der Waals surface area contributed by atoms with Gasteiger partial charge in [-0.25, -0.2) is 4.39 Å². The first kappa shape index (κ1) is 15.1. The predicted octanol–water partition coefficient (Wildman–Crippen LogP) is 2.43. The lowest BCUT2D eigenvalue weighted by atomic mass is 9.99. The summed E-state index contributed by atoms with van der Waals surface area (Å²) in [5, 5.41) is 12.8. The molecule has 1 aromatic rings. The van der Waals surface area contributed by atoms with Crippen LogP contribution in [0.3, 0.4) is 0 Å². The molecule has 0 bridgehead atoms. The summed E-state index contributed by atoms with van der Waals surface area (Å²) >= 11 is 0. The highest BCUT2D eigenvalue weighted by molar-refractivity contribution is 5.35. The van der Waals surface area contributed by atoms with E-state index in [1.807, 2.05) is 0 Å². The standard InChI is InChI=1S/C13H16F4N2O/c14-9-1-2-12(20)10(7-9)11(8-13(15,16)17)19-5-3-18-4-6-19/h1-2,7,11,18,20H,3-6,8H2/t11-/m1/s1. The van der Waals surface area contributed by atoms with Gasteiger partial charge in [0.15, 0.2) is 0 Å². The molecule has 1 aromatic carbocycles. The quantitative estimate of drug-likeness (QED) is 0.840. The smallest absolute Gasteiger partial charge is 0.390 e. The van der Waals surface area contributed by atoms with Crippen molar-refractivity contribution in [1.29, 1.82) is 0 Å². The molecule has 2 N–H and O–H groups in total. The van der Waals surface area contributed by atoms with Gasteiger partial charge in [-0.2, -0.15) is 13.2 Å². The van der Waals surface area contributed by atoms with Crippen LogP contribution in [-0.4, -0.2) is 42.4 Å². The summed E-state index contributed by atoms with van der Waals surface area (Å²) in [6, 6.07) is 2.04.